The lowest BCUT2D eigenvalue weighted by atomic mass is 10.0. The summed E-state index contributed by atoms with van der Waals surface area (Å²) in [4.78, 5) is 0. The van der Waals surface area contributed by atoms with Gasteiger partial charge in [-0.3, -0.25) is 0 Å². The summed E-state index contributed by atoms with van der Waals surface area (Å²) in [5.41, 5.74) is 2.62. The van der Waals surface area contributed by atoms with Crippen LogP contribution in [0, 0.1) is 17.1 Å². The van der Waals surface area contributed by atoms with Crippen LogP contribution < -0.4 is 9.47 Å². The van der Waals surface area contributed by atoms with Crippen LogP contribution in [-0.2, 0) is 6.61 Å². The van der Waals surface area contributed by atoms with E-state index in [0.29, 0.717) is 34.3 Å². The summed E-state index contributed by atoms with van der Waals surface area (Å²) >= 11 is 6.22. The largest absolute Gasteiger partial charge is 0.490 e. The van der Waals surface area contributed by atoms with Gasteiger partial charge in [-0.2, -0.15) is 5.26 Å². The van der Waals surface area contributed by atoms with E-state index in [-0.39, 0.29) is 12.4 Å². The summed E-state index contributed by atoms with van der Waals surface area (Å²) in [5, 5.41) is 10.1. The number of halogens is 2. The smallest absolute Gasteiger partial charge is 0.161 e. The molecule has 0 amide bonds. The van der Waals surface area contributed by atoms with Gasteiger partial charge in [0.15, 0.2) is 11.5 Å². The third-order valence-electron chi connectivity index (χ3n) is 4.15. The molecule has 0 saturated heterocycles. The van der Waals surface area contributed by atoms with Crippen molar-refractivity contribution in [3.05, 3.63) is 94.3 Å². The summed E-state index contributed by atoms with van der Waals surface area (Å²) in [5.74, 6) is 0.791. The van der Waals surface area contributed by atoms with Crippen molar-refractivity contribution < 1.29 is 13.9 Å². The summed E-state index contributed by atoms with van der Waals surface area (Å²) < 4.78 is 24.9. The molecule has 0 aliphatic carbocycles. The predicted molar refractivity (Wildman–Crippen MR) is 113 cm³/mol. The van der Waals surface area contributed by atoms with Crippen LogP contribution in [0.25, 0.3) is 11.6 Å². The lowest BCUT2D eigenvalue weighted by Gasteiger charge is -2.13. The second-order valence-electron chi connectivity index (χ2n) is 6.21. The molecule has 3 aromatic rings. The van der Waals surface area contributed by atoms with Gasteiger partial charge in [-0.25, -0.2) is 4.39 Å². The van der Waals surface area contributed by atoms with Crippen LogP contribution in [0.3, 0.4) is 0 Å². The molecule has 0 saturated carbocycles. The van der Waals surface area contributed by atoms with E-state index in [9.17, 15) is 9.65 Å². The third kappa shape index (κ3) is 5.37. The van der Waals surface area contributed by atoms with Gasteiger partial charge in [0.1, 0.15) is 12.4 Å². The first-order valence-electron chi connectivity index (χ1n) is 9.11. The number of nitriles is 1. The second-order valence-corrected chi connectivity index (χ2v) is 6.61. The molecule has 0 aromatic heterocycles. The van der Waals surface area contributed by atoms with Crippen LogP contribution in [0.2, 0.25) is 5.02 Å². The zero-order chi connectivity index (χ0) is 20.6. The Morgan fingerprint density at radius 1 is 1.03 bits per heavy atom. The van der Waals surface area contributed by atoms with Gasteiger partial charge in [-0.05, 0) is 54.5 Å². The highest BCUT2D eigenvalue weighted by atomic mass is 35.5. The minimum absolute atomic E-state index is 0.218. The molecule has 29 heavy (non-hydrogen) atoms. The van der Waals surface area contributed by atoms with Crippen LogP contribution in [0.5, 0.6) is 11.5 Å². The maximum absolute atomic E-state index is 13.3. The van der Waals surface area contributed by atoms with E-state index in [1.807, 2.05) is 25.1 Å². The first kappa shape index (κ1) is 20.4. The maximum Gasteiger partial charge on any atom is 0.161 e. The van der Waals surface area contributed by atoms with Gasteiger partial charge >= 0.3 is 0 Å². The molecule has 0 aliphatic heterocycles. The van der Waals surface area contributed by atoms with Gasteiger partial charge in [0.2, 0.25) is 0 Å². The average molecular weight is 408 g/mol. The number of nitrogens with zero attached hydrogens (tertiary/aromatic N) is 1. The highest BCUT2D eigenvalue weighted by Gasteiger charge is 2.09. The lowest BCUT2D eigenvalue weighted by Crippen LogP contribution is -2.00. The summed E-state index contributed by atoms with van der Waals surface area (Å²) in [7, 11) is 0. The van der Waals surface area contributed by atoms with E-state index in [2.05, 4.69) is 6.07 Å². The molecule has 3 nitrogen and oxygen atoms in total. The van der Waals surface area contributed by atoms with E-state index in [1.165, 1.54) is 12.1 Å². The highest BCUT2D eigenvalue weighted by Crippen LogP contribution is 2.32. The molecule has 0 heterocycles. The van der Waals surface area contributed by atoms with Crippen molar-refractivity contribution in [2.45, 2.75) is 13.5 Å². The van der Waals surface area contributed by atoms with E-state index >= 15 is 0 Å². The van der Waals surface area contributed by atoms with Crippen molar-refractivity contribution in [2.75, 3.05) is 6.61 Å². The number of allylic oxidation sites excluding steroid dienone is 1. The van der Waals surface area contributed by atoms with Crippen molar-refractivity contribution >= 4 is 23.3 Å². The SMILES string of the molecule is CCOc1cc(C=C(C#N)c2ccccc2Cl)ccc1OCc1cccc(F)c1. The normalized spacial score (nSPS) is 11.0. The fraction of sp³-hybridized carbons (Fsp3) is 0.125. The lowest BCUT2D eigenvalue weighted by molar-refractivity contribution is 0.269. The van der Waals surface area contributed by atoms with Crippen molar-refractivity contribution in [1.29, 1.82) is 5.26 Å². The molecule has 0 aliphatic rings. The van der Waals surface area contributed by atoms with Gasteiger partial charge in [0.05, 0.1) is 18.2 Å². The maximum atomic E-state index is 13.3. The molecule has 146 valence electrons. The Bertz CT molecular complexity index is 1070. The molecule has 3 rings (SSSR count). The molecule has 3 aromatic carbocycles. The highest BCUT2D eigenvalue weighted by molar-refractivity contribution is 6.32. The minimum atomic E-state index is -0.305. The molecule has 0 atom stereocenters. The van der Waals surface area contributed by atoms with Gasteiger partial charge in [-0.1, -0.05) is 48.0 Å². The first-order chi connectivity index (χ1) is 14.1. The van der Waals surface area contributed by atoms with E-state index in [4.69, 9.17) is 21.1 Å². The standard InChI is InChI=1S/C24H19ClFNO2/c1-2-28-24-14-17(12-19(15-27)21-8-3-4-9-22(21)25)10-11-23(24)29-16-18-6-5-7-20(26)13-18/h3-14H,2,16H2,1H3. The Morgan fingerprint density at radius 3 is 2.59 bits per heavy atom. The Hall–Kier alpha value is -3.29. The second kappa shape index (κ2) is 9.77. The van der Waals surface area contributed by atoms with Crippen molar-refractivity contribution in [2.24, 2.45) is 0 Å². The zero-order valence-electron chi connectivity index (χ0n) is 15.9. The topological polar surface area (TPSA) is 42.2 Å². The minimum Gasteiger partial charge on any atom is -0.490 e. The number of rotatable bonds is 7. The molecule has 0 fully saturated rings. The van der Waals surface area contributed by atoms with Crippen molar-refractivity contribution in [3.8, 4) is 17.6 Å². The van der Waals surface area contributed by atoms with Crippen LogP contribution >= 0.6 is 11.6 Å². The molecule has 0 N–H and O–H groups in total. The number of hydrogen-bond donors (Lipinski definition) is 0. The Labute approximate surface area is 174 Å². The van der Waals surface area contributed by atoms with Crippen LogP contribution in [0.4, 0.5) is 4.39 Å². The Kier molecular flexibility index (Phi) is 6.89. The van der Waals surface area contributed by atoms with Gasteiger partial charge < -0.3 is 9.47 Å². The van der Waals surface area contributed by atoms with Crippen LogP contribution in [0.15, 0.2) is 66.7 Å². The van der Waals surface area contributed by atoms with E-state index in [1.54, 1.807) is 42.5 Å². The summed E-state index contributed by atoms with van der Waals surface area (Å²) in [6.45, 7) is 2.55. The Balaban J connectivity index is 1.87. The third-order valence-corrected chi connectivity index (χ3v) is 4.48. The van der Waals surface area contributed by atoms with Gasteiger partial charge in [-0.15, -0.1) is 0 Å². The quantitative estimate of drug-likeness (QED) is 0.330. The Morgan fingerprint density at radius 2 is 1.86 bits per heavy atom. The van der Waals surface area contributed by atoms with Crippen LogP contribution in [0.1, 0.15) is 23.6 Å². The molecule has 0 radical (unpaired) electrons. The predicted octanol–water partition coefficient (Wildman–Crippen LogP) is 6.52. The molecule has 0 unspecified atom stereocenters. The number of ether oxygens (including phenoxy) is 2. The van der Waals surface area contributed by atoms with Gasteiger partial charge in [0.25, 0.3) is 0 Å². The van der Waals surface area contributed by atoms with E-state index in [0.717, 1.165) is 11.1 Å². The average Bonchev–Trinajstić information content (AvgIpc) is 2.72. The van der Waals surface area contributed by atoms with Crippen molar-refractivity contribution in [1.82, 2.24) is 0 Å². The van der Waals surface area contributed by atoms with E-state index < -0.39 is 0 Å². The fourth-order valence-corrected chi connectivity index (χ4v) is 3.04. The summed E-state index contributed by atoms with van der Waals surface area (Å²) in [6.07, 6.45) is 1.75. The molecule has 5 heteroatoms. The molecular formula is C24H19ClFNO2. The summed E-state index contributed by atoms with van der Waals surface area (Å²) in [6, 6.07) is 21.1. The molecule has 0 spiro atoms. The van der Waals surface area contributed by atoms with Crippen molar-refractivity contribution in [3.63, 3.8) is 0 Å². The van der Waals surface area contributed by atoms with Crippen LogP contribution in [-0.4, -0.2) is 6.61 Å². The number of hydrogen-bond acceptors (Lipinski definition) is 3. The van der Waals surface area contributed by atoms with Gasteiger partial charge in [0, 0.05) is 10.6 Å². The zero-order valence-corrected chi connectivity index (χ0v) is 16.6. The number of benzene rings is 3. The first-order valence-corrected chi connectivity index (χ1v) is 9.49. The monoisotopic (exact) mass is 407 g/mol. The molecular weight excluding hydrogens is 389 g/mol. The molecule has 0 bridgehead atoms. The fourth-order valence-electron chi connectivity index (χ4n) is 2.81.